The van der Waals surface area contributed by atoms with Crippen molar-refractivity contribution in [3.05, 3.63) is 65.2 Å². The fraction of sp³-hybridized carbons (Fsp3) is 0.158. The number of alkyl halides is 2. The number of rotatable bonds is 7. The van der Waals surface area contributed by atoms with Crippen molar-refractivity contribution in [1.82, 2.24) is 5.32 Å². The van der Waals surface area contributed by atoms with Gasteiger partial charge in [-0.2, -0.15) is 14.0 Å². The van der Waals surface area contributed by atoms with Gasteiger partial charge in [-0.3, -0.25) is 4.79 Å². The summed E-state index contributed by atoms with van der Waals surface area (Å²) in [6, 6.07) is 15.2. The van der Waals surface area contributed by atoms with Gasteiger partial charge in [-0.1, -0.05) is 36.4 Å². The van der Waals surface area contributed by atoms with Crippen molar-refractivity contribution in [2.75, 3.05) is 7.11 Å². The van der Waals surface area contributed by atoms with E-state index in [2.05, 4.69) is 10.1 Å². The SMILES string of the molecule is COc1cc(/C=C(\C#N)C(=O)NCc2ccccc2)ccc1OC(F)F. The van der Waals surface area contributed by atoms with Gasteiger partial charge in [0.15, 0.2) is 11.5 Å². The number of hydrogen-bond donors (Lipinski definition) is 1. The van der Waals surface area contributed by atoms with Crippen LogP contribution in [-0.4, -0.2) is 19.6 Å². The van der Waals surface area contributed by atoms with Crippen LogP contribution in [0.5, 0.6) is 11.5 Å². The molecule has 0 aliphatic carbocycles. The zero-order valence-electron chi connectivity index (χ0n) is 13.9. The smallest absolute Gasteiger partial charge is 0.387 e. The Hall–Kier alpha value is -3.40. The molecule has 0 aromatic heterocycles. The molecule has 1 amide bonds. The molecule has 5 nitrogen and oxygen atoms in total. The molecule has 0 saturated carbocycles. The second-order valence-corrected chi connectivity index (χ2v) is 5.13. The first-order chi connectivity index (χ1) is 12.5. The van der Waals surface area contributed by atoms with Crippen LogP contribution < -0.4 is 14.8 Å². The van der Waals surface area contributed by atoms with Gasteiger partial charge in [0.2, 0.25) is 0 Å². The highest BCUT2D eigenvalue weighted by Crippen LogP contribution is 2.30. The van der Waals surface area contributed by atoms with Crippen molar-refractivity contribution >= 4 is 12.0 Å². The number of nitrogens with one attached hydrogen (secondary N) is 1. The summed E-state index contributed by atoms with van der Waals surface area (Å²) in [5.41, 5.74) is 1.22. The summed E-state index contributed by atoms with van der Waals surface area (Å²) in [5.74, 6) is -0.601. The minimum Gasteiger partial charge on any atom is -0.493 e. The number of hydrogen-bond acceptors (Lipinski definition) is 4. The second kappa shape index (κ2) is 9.18. The van der Waals surface area contributed by atoms with Crippen LogP contribution in [0, 0.1) is 11.3 Å². The summed E-state index contributed by atoms with van der Waals surface area (Å²) in [6.45, 7) is -2.70. The van der Waals surface area contributed by atoms with Crippen molar-refractivity contribution in [2.24, 2.45) is 0 Å². The summed E-state index contributed by atoms with van der Waals surface area (Å²) in [4.78, 5) is 12.2. The van der Waals surface area contributed by atoms with E-state index in [1.165, 1.54) is 31.4 Å². The summed E-state index contributed by atoms with van der Waals surface area (Å²) in [7, 11) is 1.30. The number of nitriles is 1. The van der Waals surface area contributed by atoms with Crippen molar-refractivity contribution in [3.63, 3.8) is 0 Å². The van der Waals surface area contributed by atoms with E-state index in [-0.39, 0.29) is 23.6 Å². The highest BCUT2D eigenvalue weighted by atomic mass is 19.3. The van der Waals surface area contributed by atoms with Crippen LogP contribution >= 0.6 is 0 Å². The Morgan fingerprint density at radius 1 is 1.23 bits per heavy atom. The molecule has 7 heteroatoms. The first kappa shape index (κ1) is 18.9. The van der Waals surface area contributed by atoms with E-state index in [0.717, 1.165) is 5.56 Å². The standard InChI is InChI=1S/C19H16F2N2O3/c1-25-17-10-14(7-8-16(17)26-19(20)21)9-15(11-22)18(24)23-12-13-5-3-2-4-6-13/h2-10,19H,12H2,1H3,(H,23,24)/b15-9+. The van der Waals surface area contributed by atoms with E-state index < -0.39 is 12.5 Å². The molecule has 0 radical (unpaired) electrons. The highest BCUT2D eigenvalue weighted by Gasteiger charge is 2.13. The number of nitrogens with zero attached hydrogens (tertiary/aromatic N) is 1. The van der Waals surface area contributed by atoms with E-state index in [9.17, 15) is 18.8 Å². The molecule has 2 aromatic carbocycles. The molecule has 0 aliphatic heterocycles. The quantitative estimate of drug-likeness (QED) is 0.607. The third-order valence-corrected chi connectivity index (χ3v) is 3.38. The normalized spacial score (nSPS) is 11.0. The Balaban J connectivity index is 2.14. The summed E-state index contributed by atoms with van der Waals surface area (Å²) in [6.07, 6.45) is 1.34. The number of ether oxygens (including phenoxy) is 2. The Labute approximate surface area is 149 Å². The lowest BCUT2D eigenvalue weighted by atomic mass is 10.1. The van der Waals surface area contributed by atoms with E-state index in [4.69, 9.17) is 4.74 Å². The van der Waals surface area contributed by atoms with Crippen LogP contribution in [0.15, 0.2) is 54.1 Å². The van der Waals surface area contributed by atoms with Gasteiger partial charge in [0.1, 0.15) is 11.6 Å². The molecule has 0 bridgehead atoms. The maximum absolute atomic E-state index is 12.3. The van der Waals surface area contributed by atoms with Crippen LogP contribution in [0.2, 0.25) is 0 Å². The van der Waals surface area contributed by atoms with E-state index in [0.29, 0.717) is 5.56 Å². The zero-order valence-corrected chi connectivity index (χ0v) is 13.9. The van der Waals surface area contributed by atoms with Gasteiger partial charge < -0.3 is 14.8 Å². The van der Waals surface area contributed by atoms with Gasteiger partial charge in [0.05, 0.1) is 7.11 Å². The van der Waals surface area contributed by atoms with Gasteiger partial charge in [-0.25, -0.2) is 0 Å². The fourth-order valence-electron chi connectivity index (χ4n) is 2.16. The van der Waals surface area contributed by atoms with Crippen molar-refractivity contribution in [2.45, 2.75) is 13.2 Å². The first-order valence-corrected chi connectivity index (χ1v) is 7.60. The molecule has 2 aromatic rings. The largest absolute Gasteiger partial charge is 0.493 e. The molecule has 0 aliphatic rings. The van der Waals surface area contributed by atoms with Crippen LogP contribution in [0.3, 0.4) is 0 Å². The van der Waals surface area contributed by atoms with Crippen LogP contribution in [0.1, 0.15) is 11.1 Å². The first-order valence-electron chi connectivity index (χ1n) is 7.60. The van der Waals surface area contributed by atoms with Crippen LogP contribution in [-0.2, 0) is 11.3 Å². The molecule has 0 atom stereocenters. The van der Waals surface area contributed by atoms with Gasteiger partial charge in [-0.05, 0) is 29.3 Å². The predicted molar refractivity (Wildman–Crippen MR) is 91.5 cm³/mol. The van der Waals surface area contributed by atoms with Gasteiger partial charge in [-0.15, -0.1) is 0 Å². The number of methoxy groups -OCH3 is 1. The highest BCUT2D eigenvalue weighted by molar-refractivity contribution is 6.01. The van der Waals surface area contributed by atoms with Crippen molar-refractivity contribution in [3.8, 4) is 17.6 Å². The second-order valence-electron chi connectivity index (χ2n) is 5.13. The average molecular weight is 358 g/mol. The maximum Gasteiger partial charge on any atom is 0.387 e. The molecule has 0 saturated heterocycles. The number of carbonyl (C=O) groups excluding carboxylic acids is 1. The van der Waals surface area contributed by atoms with Crippen molar-refractivity contribution in [1.29, 1.82) is 5.26 Å². The van der Waals surface area contributed by atoms with Crippen molar-refractivity contribution < 1.29 is 23.0 Å². The minimum atomic E-state index is -2.98. The lowest BCUT2D eigenvalue weighted by Gasteiger charge is -2.10. The number of benzene rings is 2. The van der Waals surface area contributed by atoms with E-state index in [1.54, 1.807) is 0 Å². The number of amides is 1. The molecule has 0 fully saturated rings. The lowest BCUT2D eigenvalue weighted by Crippen LogP contribution is -2.23. The van der Waals surface area contributed by atoms with E-state index in [1.807, 2.05) is 36.4 Å². The van der Waals surface area contributed by atoms with Gasteiger partial charge >= 0.3 is 6.61 Å². The lowest BCUT2D eigenvalue weighted by molar-refractivity contribution is -0.117. The molecule has 0 unspecified atom stereocenters. The molecule has 0 heterocycles. The summed E-state index contributed by atoms with van der Waals surface area (Å²) in [5, 5.41) is 11.9. The predicted octanol–water partition coefficient (Wildman–Crippen LogP) is 3.52. The Morgan fingerprint density at radius 2 is 1.96 bits per heavy atom. The molecule has 0 spiro atoms. The van der Waals surface area contributed by atoms with Gasteiger partial charge in [0, 0.05) is 6.54 Å². The molecule has 26 heavy (non-hydrogen) atoms. The number of carbonyl (C=O) groups is 1. The molecule has 1 N–H and O–H groups in total. The van der Waals surface area contributed by atoms with Crippen LogP contribution in [0.4, 0.5) is 8.78 Å². The summed E-state index contributed by atoms with van der Waals surface area (Å²) >= 11 is 0. The monoisotopic (exact) mass is 358 g/mol. The molecular formula is C19H16F2N2O3. The number of halogens is 2. The minimum absolute atomic E-state index is 0.0704. The maximum atomic E-state index is 12.3. The molecule has 134 valence electrons. The summed E-state index contributed by atoms with van der Waals surface area (Å²) < 4.78 is 34.0. The van der Waals surface area contributed by atoms with Crippen LogP contribution in [0.25, 0.3) is 6.08 Å². The van der Waals surface area contributed by atoms with E-state index >= 15 is 0 Å². The average Bonchev–Trinajstić information content (AvgIpc) is 2.65. The Morgan fingerprint density at radius 3 is 2.58 bits per heavy atom. The zero-order chi connectivity index (χ0) is 18.9. The molecular weight excluding hydrogens is 342 g/mol. The Kier molecular flexibility index (Phi) is 6.68. The molecule has 2 rings (SSSR count). The fourth-order valence-corrected chi connectivity index (χ4v) is 2.16. The third kappa shape index (κ3) is 5.31. The Bertz CT molecular complexity index is 830. The third-order valence-electron chi connectivity index (χ3n) is 3.38. The topological polar surface area (TPSA) is 71.3 Å². The van der Waals surface area contributed by atoms with Gasteiger partial charge in [0.25, 0.3) is 5.91 Å².